The number of aromatic carboxylic acids is 1. The highest BCUT2D eigenvalue weighted by Gasteiger charge is 2.45. The molecule has 3 aromatic carbocycles. The van der Waals surface area contributed by atoms with E-state index in [1.54, 1.807) is 60.7 Å². The number of carboxylic acids is 1. The Labute approximate surface area is 240 Å². The number of carbonyl (C=O) groups excluding carboxylic acids is 1. The van der Waals surface area contributed by atoms with Gasteiger partial charge in [-0.15, -0.1) is 0 Å². The summed E-state index contributed by atoms with van der Waals surface area (Å²) in [6.45, 7) is -0.0862. The molecule has 0 unspecified atom stereocenters. The predicted octanol–water partition coefficient (Wildman–Crippen LogP) is 6.84. The second kappa shape index (κ2) is 10.9. The third-order valence-corrected chi connectivity index (χ3v) is 8.37. The van der Waals surface area contributed by atoms with E-state index in [-0.39, 0.29) is 35.5 Å². The first-order chi connectivity index (χ1) is 18.6. The van der Waals surface area contributed by atoms with Crippen LogP contribution in [-0.4, -0.2) is 28.6 Å². The van der Waals surface area contributed by atoms with Gasteiger partial charge in [0, 0.05) is 17.0 Å². The van der Waals surface area contributed by atoms with Crippen LogP contribution >= 0.6 is 34.8 Å². The van der Waals surface area contributed by atoms with Gasteiger partial charge in [-0.25, -0.2) is 4.79 Å². The van der Waals surface area contributed by atoms with E-state index in [1.807, 2.05) is 0 Å². The van der Waals surface area contributed by atoms with E-state index >= 15 is 0 Å². The Bertz CT molecular complexity index is 1450. The molecule has 5 rings (SSSR count). The lowest BCUT2D eigenvalue weighted by molar-refractivity contribution is -0.116. The first-order valence-corrected chi connectivity index (χ1v) is 13.7. The molecule has 4 N–H and O–H groups in total. The lowest BCUT2D eigenvalue weighted by atomic mass is 9.65. The molecule has 9 heteroatoms. The summed E-state index contributed by atoms with van der Waals surface area (Å²) in [4.78, 5) is 24.2. The average molecular weight is 587 g/mol. The Morgan fingerprint density at radius 1 is 0.949 bits per heavy atom. The summed E-state index contributed by atoms with van der Waals surface area (Å²) in [5, 5.41) is 21.4. The van der Waals surface area contributed by atoms with E-state index in [0.717, 1.165) is 18.4 Å². The van der Waals surface area contributed by atoms with Crippen molar-refractivity contribution in [2.24, 2.45) is 11.7 Å². The van der Waals surface area contributed by atoms with Gasteiger partial charge in [0.25, 0.3) is 0 Å². The lowest BCUT2D eigenvalue weighted by Crippen LogP contribution is -2.40. The van der Waals surface area contributed by atoms with Gasteiger partial charge < -0.3 is 20.7 Å². The van der Waals surface area contributed by atoms with Crippen molar-refractivity contribution in [3.8, 4) is 5.75 Å². The Morgan fingerprint density at radius 3 is 2.15 bits per heavy atom. The van der Waals surface area contributed by atoms with Crippen molar-refractivity contribution in [3.63, 3.8) is 0 Å². The van der Waals surface area contributed by atoms with Crippen LogP contribution in [0.15, 0.2) is 66.2 Å². The molecule has 39 heavy (non-hydrogen) atoms. The van der Waals surface area contributed by atoms with E-state index in [4.69, 9.17) is 50.4 Å². The molecule has 2 aliphatic rings. The Balaban J connectivity index is 1.31. The maximum atomic E-state index is 13.1. The van der Waals surface area contributed by atoms with Crippen LogP contribution < -0.4 is 10.5 Å². The number of halogens is 3. The van der Waals surface area contributed by atoms with Crippen molar-refractivity contribution in [3.05, 3.63) is 104 Å². The van der Waals surface area contributed by atoms with Crippen molar-refractivity contribution in [1.82, 2.24) is 0 Å². The van der Waals surface area contributed by atoms with Crippen LogP contribution in [0, 0.1) is 5.92 Å². The summed E-state index contributed by atoms with van der Waals surface area (Å²) in [5.74, 6) is -0.638. The van der Waals surface area contributed by atoms with E-state index in [9.17, 15) is 14.7 Å². The molecule has 3 aromatic rings. The molecule has 202 valence electrons. The van der Waals surface area contributed by atoms with Crippen LogP contribution in [0.3, 0.4) is 0 Å². The van der Waals surface area contributed by atoms with Crippen LogP contribution in [0.1, 0.15) is 58.6 Å². The fraction of sp³-hybridized carbons (Fsp3) is 0.267. The summed E-state index contributed by atoms with van der Waals surface area (Å²) in [7, 11) is 0. The van der Waals surface area contributed by atoms with E-state index < -0.39 is 11.6 Å². The molecule has 0 bridgehead atoms. The van der Waals surface area contributed by atoms with Gasteiger partial charge in [0.1, 0.15) is 12.4 Å². The quantitative estimate of drug-likeness (QED) is 0.237. The number of Topliss-reactive ketones (excluding diaryl/α,β-unsaturated/α-hetero) is 1. The summed E-state index contributed by atoms with van der Waals surface area (Å²) in [6.07, 6.45) is 2.51. The van der Waals surface area contributed by atoms with Crippen molar-refractivity contribution in [1.29, 1.82) is 0 Å². The van der Waals surface area contributed by atoms with Gasteiger partial charge in [-0.1, -0.05) is 59.1 Å². The number of ketones is 1. The number of hydrogen-bond acceptors (Lipinski definition) is 5. The topological polar surface area (TPSA) is 110 Å². The molecule has 6 nitrogen and oxygen atoms in total. The molecule has 0 spiro atoms. The number of carboxylic acid groups (broad SMARTS) is 1. The van der Waals surface area contributed by atoms with Gasteiger partial charge in [-0.2, -0.15) is 0 Å². The maximum absolute atomic E-state index is 13.1. The number of hydrogen-bond donors (Lipinski definition) is 3. The predicted molar refractivity (Wildman–Crippen MR) is 152 cm³/mol. The molecule has 0 saturated heterocycles. The van der Waals surface area contributed by atoms with Gasteiger partial charge in [0.05, 0.1) is 37.5 Å². The number of aliphatic hydroxyl groups is 1. The number of ether oxygens (including phenoxy) is 1. The SMILES string of the molecule is NC(=C(COc1ccc(C2(O)CC(c3ccc(C(=O)O)cc3)C2)c(Cl)c1)C(=O)C1CC1)c1c(Cl)cccc1Cl. The highest BCUT2D eigenvalue weighted by Crippen LogP contribution is 2.52. The van der Waals surface area contributed by atoms with Crippen LogP contribution in [0.4, 0.5) is 0 Å². The van der Waals surface area contributed by atoms with Gasteiger partial charge in [0.2, 0.25) is 0 Å². The third kappa shape index (κ3) is 5.66. The molecule has 2 saturated carbocycles. The smallest absolute Gasteiger partial charge is 0.335 e. The van der Waals surface area contributed by atoms with Gasteiger partial charge >= 0.3 is 5.97 Å². The second-order valence-electron chi connectivity index (χ2n) is 10.1. The van der Waals surface area contributed by atoms with Gasteiger partial charge in [-0.3, -0.25) is 4.79 Å². The first-order valence-electron chi connectivity index (χ1n) is 12.5. The van der Waals surface area contributed by atoms with Crippen molar-refractivity contribution < 1.29 is 24.5 Å². The van der Waals surface area contributed by atoms with Gasteiger partial charge in [-0.05, 0) is 73.6 Å². The standard InChI is InChI=1S/C30H26Cl3NO5/c31-23-2-1-3-24(32)26(23)27(34)21(28(35)17-6-7-17)15-39-20-10-11-22(25(33)12-20)30(38)13-19(14-30)16-4-8-18(9-5-16)29(36)37/h1-5,8-12,17,19,38H,6-7,13-15,34H2,(H,36,37). The Hall–Kier alpha value is -3.03. The van der Waals surface area contributed by atoms with Crippen molar-refractivity contribution >= 4 is 52.3 Å². The van der Waals surface area contributed by atoms with E-state index in [0.29, 0.717) is 50.4 Å². The molecule has 0 heterocycles. The number of rotatable bonds is 9. The Kier molecular flexibility index (Phi) is 7.66. The van der Waals surface area contributed by atoms with Crippen molar-refractivity contribution in [2.75, 3.05) is 6.61 Å². The zero-order chi connectivity index (χ0) is 27.9. The minimum atomic E-state index is -1.11. The number of nitrogens with two attached hydrogens (primary N) is 1. The lowest BCUT2D eigenvalue weighted by Gasteiger charge is -2.44. The van der Waals surface area contributed by atoms with Crippen molar-refractivity contribution in [2.45, 2.75) is 37.2 Å². The molecule has 0 radical (unpaired) electrons. The minimum absolute atomic E-state index is 0.0857. The van der Waals surface area contributed by atoms with Crippen LogP contribution in [0.25, 0.3) is 5.70 Å². The first kappa shape index (κ1) is 27.5. The highest BCUT2D eigenvalue weighted by atomic mass is 35.5. The third-order valence-electron chi connectivity index (χ3n) is 7.43. The molecule has 0 aliphatic heterocycles. The fourth-order valence-corrected chi connectivity index (χ4v) is 5.95. The average Bonchev–Trinajstić information content (AvgIpc) is 3.72. The summed E-state index contributed by atoms with van der Waals surface area (Å²) in [5.41, 5.74) is 7.99. The molecule has 2 aliphatic carbocycles. The second-order valence-corrected chi connectivity index (χ2v) is 11.3. The maximum Gasteiger partial charge on any atom is 0.335 e. The molecule has 2 fully saturated rings. The Morgan fingerprint density at radius 2 is 1.59 bits per heavy atom. The zero-order valence-corrected chi connectivity index (χ0v) is 23.1. The normalized spacial score (nSPS) is 21.1. The largest absolute Gasteiger partial charge is 0.489 e. The van der Waals surface area contributed by atoms with Crippen LogP contribution in [-0.2, 0) is 10.4 Å². The summed E-state index contributed by atoms with van der Waals surface area (Å²) >= 11 is 19.2. The molecule has 0 amide bonds. The highest BCUT2D eigenvalue weighted by molar-refractivity contribution is 6.37. The van der Waals surface area contributed by atoms with E-state index in [1.165, 1.54) is 0 Å². The fourth-order valence-electron chi connectivity index (χ4n) is 5.01. The van der Waals surface area contributed by atoms with Gasteiger partial charge in [0.15, 0.2) is 5.78 Å². The number of carbonyl (C=O) groups is 2. The molecule has 0 atom stereocenters. The van der Waals surface area contributed by atoms with Crippen LogP contribution in [0.2, 0.25) is 15.1 Å². The zero-order valence-electron chi connectivity index (χ0n) is 20.8. The minimum Gasteiger partial charge on any atom is -0.489 e. The molecular weight excluding hydrogens is 561 g/mol. The summed E-state index contributed by atoms with van der Waals surface area (Å²) < 4.78 is 5.95. The number of benzene rings is 3. The van der Waals surface area contributed by atoms with Crippen LogP contribution in [0.5, 0.6) is 5.75 Å². The monoisotopic (exact) mass is 585 g/mol. The van der Waals surface area contributed by atoms with E-state index in [2.05, 4.69) is 0 Å². The summed E-state index contributed by atoms with van der Waals surface area (Å²) in [6, 6.07) is 16.8. The molecular formula is C30H26Cl3NO5. The molecule has 0 aromatic heterocycles.